The SMILES string of the molecule is CC(C(=O)NCCOc1ccc(-c2cccs2)nn1)n1nc(-c2cccnc2)ccc1=O. The number of pyridine rings is 1. The number of hydrogen-bond acceptors (Lipinski definition) is 8. The summed E-state index contributed by atoms with van der Waals surface area (Å²) < 4.78 is 6.70. The zero-order valence-electron chi connectivity index (χ0n) is 17.2. The van der Waals surface area contributed by atoms with E-state index in [9.17, 15) is 9.59 Å². The molecule has 32 heavy (non-hydrogen) atoms. The maximum Gasteiger partial charge on any atom is 0.267 e. The molecular formula is C22H20N6O3S. The van der Waals surface area contributed by atoms with Crippen molar-refractivity contribution in [1.82, 2.24) is 30.3 Å². The number of amides is 1. The summed E-state index contributed by atoms with van der Waals surface area (Å²) in [6.07, 6.45) is 3.30. The molecule has 9 nitrogen and oxygen atoms in total. The topological polar surface area (TPSA) is 112 Å². The zero-order chi connectivity index (χ0) is 22.3. The molecule has 0 aliphatic heterocycles. The van der Waals surface area contributed by atoms with Gasteiger partial charge in [-0.1, -0.05) is 6.07 Å². The molecule has 10 heteroatoms. The van der Waals surface area contributed by atoms with Crippen LogP contribution in [0.4, 0.5) is 0 Å². The van der Waals surface area contributed by atoms with Gasteiger partial charge < -0.3 is 10.1 Å². The Balaban J connectivity index is 1.31. The van der Waals surface area contributed by atoms with E-state index in [1.54, 1.807) is 48.9 Å². The summed E-state index contributed by atoms with van der Waals surface area (Å²) in [5, 5.41) is 17.2. The summed E-state index contributed by atoms with van der Waals surface area (Å²) in [4.78, 5) is 29.9. The van der Waals surface area contributed by atoms with Crippen molar-refractivity contribution in [2.24, 2.45) is 0 Å². The second kappa shape index (κ2) is 9.92. The van der Waals surface area contributed by atoms with Crippen molar-refractivity contribution < 1.29 is 9.53 Å². The van der Waals surface area contributed by atoms with Crippen molar-refractivity contribution in [3.63, 3.8) is 0 Å². The Morgan fingerprint density at radius 2 is 2.00 bits per heavy atom. The minimum absolute atomic E-state index is 0.212. The Kier molecular flexibility index (Phi) is 6.61. The van der Waals surface area contributed by atoms with Gasteiger partial charge in [0.2, 0.25) is 11.8 Å². The second-order valence-corrected chi connectivity index (χ2v) is 7.74. The molecule has 4 heterocycles. The van der Waals surface area contributed by atoms with Crippen LogP contribution in [0, 0.1) is 0 Å². The smallest absolute Gasteiger partial charge is 0.267 e. The lowest BCUT2D eigenvalue weighted by atomic mass is 10.2. The molecule has 1 amide bonds. The molecular weight excluding hydrogens is 428 g/mol. The number of carbonyl (C=O) groups is 1. The van der Waals surface area contributed by atoms with E-state index in [1.165, 1.54) is 6.07 Å². The van der Waals surface area contributed by atoms with E-state index in [0.29, 0.717) is 11.6 Å². The number of nitrogens with zero attached hydrogens (tertiary/aromatic N) is 5. The van der Waals surface area contributed by atoms with Crippen LogP contribution >= 0.6 is 11.3 Å². The number of carbonyl (C=O) groups excluding carboxylic acids is 1. The van der Waals surface area contributed by atoms with Crippen molar-refractivity contribution >= 4 is 17.2 Å². The predicted molar refractivity (Wildman–Crippen MR) is 120 cm³/mol. The summed E-state index contributed by atoms with van der Waals surface area (Å²) in [5.41, 5.74) is 1.73. The van der Waals surface area contributed by atoms with Crippen LogP contribution in [-0.4, -0.2) is 44.0 Å². The Bertz CT molecular complexity index is 1230. The van der Waals surface area contributed by atoms with Gasteiger partial charge in [-0.25, -0.2) is 4.68 Å². The first kappa shape index (κ1) is 21.3. The molecule has 162 valence electrons. The van der Waals surface area contributed by atoms with Gasteiger partial charge in [-0.05, 0) is 42.6 Å². The average Bonchev–Trinajstić information content (AvgIpc) is 3.37. The standard InChI is InChI=1S/C22H20N6O3S/c1-15(28-21(29)9-7-17(27-28)16-4-2-10-23-14-16)22(30)24-11-12-31-20-8-6-18(25-26-20)19-5-3-13-32-19/h2-10,13-15H,11-12H2,1H3,(H,24,30). The normalized spacial score (nSPS) is 11.7. The van der Waals surface area contributed by atoms with Crippen molar-refractivity contribution in [2.75, 3.05) is 13.2 Å². The van der Waals surface area contributed by atoms with Gasteiger partial charge in [-0.15, -0.1) is 21.5 Å². The van der Waals surface area contributed by atoms with Crippen LogP contribution < -0.4 is 15.6 Å². The highest BCUT2D eigenvalue weighted by atomic mass is 32.1. The Labute approximate surface area is 187 Å². The molecule has 0 aromatic carbocycles. The number of nitrogens with one attached hydrogen (secondary N) is 1. The fourth-order valence-electron chi connectivity index (χ4n) is 2.91. The van der Waals surface area contributed by atoms with Gasteiger partial charge in [0.1, 0.15) is 18.3 Å². The van der Waals surface area contributed by atoms with E-state index in [0.717, 1.165) is 20.8 Å². The third-order valence-electron chi connectivity index (χ3n) is 4.59. The molecule has 4 aromatic rings. The fourth-order valence-corrected chi connectivity index (χ4v) is 3.60. The lowest BCUT2D eigenvalue weighted by Gasteiger charge is -2.15. The van der Waals surface area contributed by atoms with E-state index in [2.05, 4.69) is 25.6 Å². The van der Waals surface area contributed by atoms with Crippen LogP contribution in [0.25, 0.3) is 21.8 Å². The van der Waals surface area contributed by atoms with Gasteiger partial charge >= 0.3 is 0 Å². The van der Waals surface area contributed by atoms with Crippen LogP contribution in [0.15, 0.2) is 71.1 Å². The summed E-state index contributed by atoms with van der Waals surface area (Å²) in [6.45, 7) is 2.07. The maximum absolute atomic E-state index is 12.5. The van der Waals surface area contributed by atoms with Gasteiger partial charge in [-0.2, -0.15) is 5.10 Å². The molecule has 0 saturated heterocycles. The maximum atomic E-state index is 12.5. The van der Waals surface area contributed by atoms with Crippen LogP contribution in [0.2, 0.25) is 0 Å². The lowest BCUT2D eigenvalue weighted by Crippen LogP contribution is -2.38. The van der Waals surface area contributed by atoms with Gasteiger partial charge in [0.15, 0.2) is 0 Å². The Morgan fingerprint density at radius 3 is 2.72 bits per heavy atom. The average molecular weight is 449 g/mol. The molecule has 0 aliphatic carbocycles. The molecule has 1 N–H and O–H groups in total. The summed E-state index contributed by atoms with van der Waals surface area (Å²) in [5.74, 6) is 0.0281. The number of thiophene rings is 1. The molecule has 1 atom stereocenters. The molecule has 0 spiro atoms. The van der Waals surface area contributed by atoms with E-state index >= 15 is 0 Å². The number of aromatic nitrogens is 5. The van der Waals surface area contributed by atoms with Crippen LogP contribution in [0.3, 0.4) is 0 Å². The van der Waals surface area contributed by atoms with E-state index < -0.39 is 6.04 Å². The number of hydrogen-bond donors (Lipinski definition) is 1. The van der Waals surface area contributed by atoms with Crippen molar-refractivity contribution in [3.8, 4) is 27.7 Å². The Morgan fingerprint density at radius 1 is 1.12 bits per heavy atom. The van der Waals surface area contributed by atoms with Crippen LogP contribution in [0.5, 0.6) is 5.88 Å². The summed E-state index contributed by atoms with van der Waals surface area (Å²) in [6, 6.07) is 13.3. The quantitative estimate of drug-likeness (QED) is 0.412. The Hall–Kier alpha value is -3.92. The first-order chi connectivity index (χ1) is 15.6. The van der Waals surface area contributed by atoms with E-state index in [1.807, 2.05) is 29.6 Å². The molecule has 0 bridgehead atoms. The minimum atomic E-state index is -0.788. The highest BCUT2D eigenvalue weighted by Gasteiger charge is 2.18. The molecule has 0 radical (unpaired) electrons. The first-order valence-electron chi connectivity index (χ1n) is 9.90. The third kappa shape index (κ3) is 5.03. The summed E-state index contributed by atoms with van der Waals surface area (Å²) >= 11 is 1.58. The fraction of sp³-hybridized carbons (Fsp3) is 0.182. The van der Waals surface area contributed by atoms with Gasteiger partial charge in [0.25, 0.3) is 5.56 Å². The monoisotopic (exact) mass is 448 g/mol. The van der Waals surface area contributed by atoms with Crippen LogP contribution in [0.1, 0.15) is 13.0 Å². The third-order valence-corrected chi connectivity index (χ3v) is 5.49. The van der Waals surface area contributed by atoms with Gasteiger partial charge in [0, 0.05) is 30.1 Å². The summed E-state index contributed by atoms with van der Waals surface area (Å²) in [7, 11) is 0. The minimum Gasteiger partial charge on any atom is -0.475 e. The highest BCUT2D eigenvalue weighted by Crippen LogP contribution is 2.22. The second-order valence-electron chi connectivity index (χ2n) is 6.79. The molecule has 0 saturated carbocycles. The highest BCUT2D eigenvalue weighted by molar-refractivity contribution is 7.13. The molecule has 4 aromatic heterocycles. The first-order valence-corrected chi connectivity index (χ1v) is 10.8. The lowest BCUT2D eigenvalue weighted by molar-refractivity contribution is -0.124. The molecule has 4 rings (SSSR count). The molecule has 0 fully saturated rings. The number of ether oxygens (including phenoxy) is 1. The van der Waals surface area contributed by atoms with Gasteiger partial charge in [0.05, 0.1) is 17.1 Å². The molecule has 1 unspecified atom stereocenters. The van der Waals surface area contributed by atoms with E-state index in [-0.39, 0.29) is 24.6 Å². The number of rotatable bonds is 8. The zero-order valence-corrected chi connectivity index (χ0v) is 18.0. The predicted octanol–water partition coefficient (Wildman–Crippen LogP) is 2.58. The van der Waals surface area contributed by atoms with Crippen molar-refractivity contribution in [3.05, 3.63) is 76.7 Å². The largest absolute Gasteiger partial charge is 0.475 e. The van der Waals surface area contributed by atoms with Gasteiger partial charge in [-0.3, -0.25) is 14.6 Å². The van der Waals surface area contributed by atoms with Crippen molar-refractivity contribution in [1.29, 1.82) is 0 Å². The van der Waals surface area contributed by atoms with Crippen LogP contribution in [-0.2, 0) is 4.79 Å². The van der Waals surface area contributed by atoms with Crippen molar-refractivity contribution in [2.45, 2.75) is 13.0 Å². The molecule has 0 aliphatic rings. The van der Waals surface area contributed by atoms with E-state index in [4.69, 9.17) is 4.74 Å².